The number of hydrogen-bond acceptors (Lipinski definition) is 4. The minimum Gasteiger partial charge on any atom is -0.341 e. The maximum Gasteiger partial charge on any atom is 0.241 e. The van der Waals surface area contributed by atoms with Crippen LogP contribution in [0, 0.1) is 18.8 Å². The molecule has 6 heteroatoms. The second kappa shape index (κ2) is 9.72. The standard InChI is InChI=1S/C23H36N4O2/c1-17-5-7-21(8-6-17)24-23(29)20(4)26-11-9-25(10-12-26)16-22(28)27-14-18(2)13-19(3)15-27/h5-8,18-20H,9-16H2,1-4H3,(H,24,29)/t18-,19+,20-/m1/s1. The Morgan fingerprint density at radius 1 is 1.03 bits per heavy atom. The molecular weight excluding hydrogens is 364 g/mol. The average Bonchev–Trinajstić information content (AvgIpc) is 2.69. The third-order valence-corrected chi connectivity index (χ3v) is 6.23. The summed E-state index contributed by atoms with van der Waals surface area (Å²) in [7, 11) is 0. The zero-order valence-electron chi connectivity index (χ0n) is 18.4. The topological polar surface area (TPSA) is 55.9 Å². The Labute approximate surface area is 175 Å². The molecule has 0 aliphatic carbocycles. The number of carbonyl (C=O) groups is 2. The third kappa shape index (κ3) is 6.03. The van der Waals surface area contributed by atoms with E-state index in [-0.39, 0.29) is 17.9 Å². The first-order valence-electron chi connectivity index (χ1n) is 10.9. The zero-order chi connectivity index (χ0) is 21.0. The number of hydrogen-bond donors (Lipinski definition) is 1. The number of rotatable bonds is 5. The number of nitrogens with zero attached hydrogens (tertiary/aromatic N) is 3. The Bertz CT molecular complexity index is 687. The van der Waals surface area contributed by atoms with Crippen molar-refractivity contribution < 1.29 is 9.59 Å². The predicted octanol–water partition coefficient (Wildman–Crippen LogP) is 2.44. The van der Waals surface area contributed by atoms with Gasteiger partial charge < -0.3 is 10.2 Å². The van der Waals surface area contributed by atoms with Gasteiger partial charge in [-0.05, 0) is 44.2 Å². The van der Waals surface area contributed by atoms with E-state index in [4.69, 9.17) is 0 Å². The molecule has 160 valence electrons. The summed E-state index contributed by atoms with van der Waals surface area (Å²) in [5.41, 5.74) is 2.01. The lowest BCUT2D eigenvalue weighted by Crippen LogP contribution is -2.55. The van der Waals surface area contributed by atoms with Gasteiger partial charge in [-0.15, -0.1) is 0 Å². The van der Waals surface area contributed by atoms with Crippen LogP contribution in [-0.4, -0.2) is 78.4 Å². The highest BCUT2D eigenvalue weighted by Gasteiger charge is 2.29. The van der Waals surface area contributed by atoms with Crippen molar-refractivity contribution in [2.75, 3.05) is 51.1 Å². The van der Waals surface area contributed by atoms with E-state index in [0.29, 0.717) is 18.4 Å². The van der Waals surface area contributed by atoms with E-state index in [9.17, 15) is 9.59 Å². The van der Waals surface area contributed by atoms with Crippen molar-refractivity contribution in [3.8, 4) is 0 Å². The fourth-order valence-corrected chi connectivity index (χ4v) is 4.52. The van der Waals surface area contributed by atoms with Gasteiger partial charge in [-0.2, -0.15) is 0 Å². The quantitative estimate of drug-likeness (QED) is 0.825. The summed E-state index contributed by atoms with van der Waals surface area (Å²) in [6.45, 7) is 14.0. The summed E-state index contributed by atoms with van der Waals surface area (Å²) in [4.78, 5) is 31.8. The molecule has 1 aromatic carbocycles. The number of likely N-dealkylation sites (tertiary alicyclic amines) is 1. The van der Waals surface area contributed by atoms with Crippen molar-refractivity contribution >= 4 is 17.5 Å². The second-order valence-electron chi connectivity index (χ2n) is 9.09. The molecule has 0 unspecified atom stereocenters. The highest BCUT2D eigenvalue weighted by atomic mass is 16.2. The molecule has 2 heterocycles. The van der Waals surface area contributed by atoms with Crippen LogP contribution in [0.5, 0.6) is 0 Å². The maximum absolute atomic E-state index is 12.7. The van der Waals surface area contributed by atoms with Crippen molar-refractivity contribution in [1.82, 2.24) is 14.7 Å². The van der Waals surface area contributed by atoms with E-state index in [2.05, 4.69) is 29.0 Å². The first-order chi connectivity index (χ1) is 13.8. The Kier molecular flexibility index (Phi) is 7.30. The molecule has 3 atom stereocenters. The summed E-state index contributed by atoms with van der Waals surface area (Å²) < 4.78 is 0. The largest absolute Gasteiger partial charge is 0.341 e. The third-order valence-electron chi connectivity index (χ3n) is 6.23. The van der Waals surface area contributed by atoms with Crippen LogP contribution in [0.25, 0.3) is 0 Å². The monoisotopic (exact) mass is 400 g/mol. The van der Waals surface area contributed by atoms with E-state index < -0.39 is 0 Å². The van der Waals surface area contributed by atoms with Crippen LogP contribution in [0.15, 0.2) is 24.3 Å². The number of carbonyl (C=O) groups excluding carboxylic acids is 2. The van der Waals surface area contributed by atoms with Gasteiger partial charge in [0.05, 0.1) is 12.6 Å². The van der Waals surface area contributed by atoms with Gasteiger partial charge in [0.25, 0.3) is 0 Å². The Hall–Kier alpha value is -1.92. The molecule has 2 aliphatic rings. The molecule has 0 bridgehead atoms. The minimum atomic E-state index is -0.182. The molecule has 3 rings (SSSR count). The number of piperidine rings is 1. The van der Waals surface area contributed by atoms with E-state index in [1.165, 1.54) is 12.0 Å². The van der Waals surface area contributed by atoms with Crippen LogP contribution in [0.1, 0.15) is 32.8 Å². The summed E-state index contributed by atoms with van der Waals surface area (Å²) >= 11 is 0. The molecule has 2 fully saturated rings. The number of benzene rings is 1. The van der Waals surface area contributed by atoms with E-state index in [1.54, 1.807) is 0 Å². The summed E-state index contributed by atoms with van der Waals surface area (Å²) in [6.07, 6.45) is 1.21. The van der Waals surface area contributed by atoms with E-state index >= 15 is 0 Å². The van der Waals surface area contributed by atoms with Crippen molar-refractivity contribution in [2.24, 2.45) is 11.8 Å². The first-order valence-corrected chi connectivity index (χ1v) is 10.9. The summed E-state index contributed by atoms with van der Waals surface area (Å²) in [5, 5.41) is 3.01. The van der Waals surface area contributed by atoms with Crippen LogP contribution in [0.4, 0.5) is 5.69 Å². The molecule has 2 saturated heterocycles. The second-order valence-corrected chi connectivity index (χ2v) is 9.09. The molecule has 0 aromatic heterocycles. The molecule has 0 spiro atoms. The first kappa shape index (κ1) is 21.8. The molecule has 1 aromatic rings. The van der Waals surface area contributed by atoms with Gasteiger partial charge >= 0.3 is 0 Å². The van der Waals surface area contributed by atoms with Crippen molar-refractivity contribution in [2.45, 2.75) is 40.2 Å². The van der Waals surface area contributed by atoms with Crippen LogP contribution < -0.4 is 5.32 Å². The number of anilines is 1. The molecule has 2 aliphatic heterocycles. The average molecular weight is 401 g/mol. The van der Waals surface area contributed by atoms with Gasteiger partial charge in [0.2, 0.25) is 11.8 Å². The molecular formula is C23H36N4O2. The normalized spacial score (nSPS) is 24.9. The van der Waals surface area contributed by atoms with Crippen LogP contribution in [0.3, 0.4) is 0 Å². The fraction of sp³-hybridized carbons (Fsp3) is 0.652. The molecule has 2 amide bonds. The van der Waals surface area contributed by atoms with Crippen LogP contribution >= 0.6 is 0 Å². The maximum atomic E-state index is 12.7. The minimum absolute atomic E-state index is 0.0228. The van der Waals surface area contributed by atoms with Gasteiger partial charge in [0.15, 0.2) is 0 Å². The Morgan fingerprint density at radius 2 is 1.62 bits per heavy atom. The molecule has 6 nitrogen and oxygen atoms in total. The Morgan fingerprint density at radius 3 is 2.21 bits per heavy atom. The lowest BCUT2D eigenvalue weighted by atomic mass is 9.92. The van der Waals surface area contributed by atoms with Gasteiger partial charge in [-0.3, -0.25) is 19.4 Å². The molecule has 0 saturated carbocycles. The van der Waals surface area contributed by atoms with Gasteiger partial charge in [-0.25, -0.2) is 0 Å². The summed E-state index contributed by atoms with van der Waals surface area (Å²) in [5.74, 6) is 1.46. The highest BCUT2D eigenvalue weighted by molar-refractivity contribution is 5.94. The van der Waals surface area contributed by atoms with Crippen molar-refractivity contribution in [3.63, 3.8) is 0 Å². The van der Waals surface area contributed by atoms with Crippen molar-refractivity contribution in [3.05, 3.63) is 29.8 Å². The lowest BCUT2D eigenvalue weighted by molar-refractivity contribution is -0.136. The van der Waals surface area contributed by atoms with Gasteiger partial charge in [0.1, 0.15) is 0 Å². The number of piperazine rings is 1. The summed E-state index contributed by atoms with van der Waals surface area (Å²) in [6, 6.07) is 7.69. The number of amides is 2. The Balaban J connectivity index is 1.44. The lowest BCUT2D eigenvalue weighted by Gasteiger charge is -2.39. The number of nitrogens with one attached hydrogen (secondary N) is 1. The SMILES string of the molecule is Cc1ccc(NC(=O)[C@@H](C)N2CCN(CC(=O)N3C[C@H](C)C[C@H](C)C3)CC2)cc1. The van der Waals surface area contributed by atoms with E-state index in [1.807, 2.05) is 43.0 Å². The van der Waals surface area contributed by atoms with Crippen LogP contribution in [0.2, 0.25) is 0 Å². The molecule has 29 heavy (non-hydrogen) atoms. The van der Waals surface area contributed by atoms with E-state index in [0.717, 1.165) is 45.0 Å². The molecule has 0 radical (unpaired) electrons. The highest BCUT2D eigenvalue weighted by Crippen LogP contribution is 2.21. The molecule has 1 N–H and O–H groups in total. The van der Waals surface area contributed by atoms with Crippen molar-refractivity contribution in [1.29, 1.82) is 0 Å². The van der Waals surface area contributed by atoms with Gasteiger partial charge in [0, 0.05) is 45.0 Å². The number of aryl methyl sites for hydroxylation is 1. The zero-order valence-corrected chi connectivity index (χ0v) is 18.4. The fourth-order valence-electron chi connectivity index (χ4n) is 4.52. The predicted molar refractivity (Wildman–Crippen MR) is 117 cm³/mol. The smallest absolute Gasteiger partial charge is 0.241 e. The van der Waals surface area contributed by atoms with Crippen LogP contribution in [-0.2, 0) is 9.59 Å². The van der Waals surface area contributed by atoms with Gasteiger partial charge in [-0.1, -0.05) is 31.5 Å².